The van der Waals surface area contributed by atoms with Crippen LogP contribution in [0.3, 0.4) is 0 Å². The Kier molecular flexibility index (Phi) is 4.46. The Hall–Kier alpha value is -2.09. The highest BCUT2D eigenvalue weighted by atomic mass is 32.1. The maximum atomic E-state index is 12.9. The third-order valence-electron chi connectivity index (χ3n) is 2.78. The monoisotopic (exact) mass is 315 g/mol. The number of anilines is 1. The summed E-state index contributed by atoms with van der Waals surface area (Å²) in [6.07, 6.45) is -4.52. The van der Waals surface area contributed by atoms with Crippen molar-refractivity contribution in [3.8, 4) is 0 Å². The second kappa shape index (κ2) is 6.13. The minimum atomic E-state index is -4.52. The van der Waals surface area contributed by atoms with Crippen LogP contribution in [0, 0.1) is 0 Å². The molecule has 0 fully saturated rings. The van der Waals surface area contributed by atoms with Gasteiger partial charge in [0, 0.05) is 12.4 Å². The van der Waals surface area contributed by atoms with E-state index in [9.17, 15) is 18.0 Å². The highest BCUT2D eigenvalue weighted by Gasteiger charge is 2.34. The molecule has 0 radical (unpaired) electrons. The predicted octanol–water partition coefficient (Wildman–Crippen LogP) is 3.13. The van der Waals surface area contributed by atoms with Gasteiger partial charge in [-0.3, -0.25) is 4.79 Å². The number of rotatable bonds is 4. The first-order chi connectivity index (χ1) is 9.93. The molecule has 0 saturated carbocycles. The average molecular weight is 315 g/mol. The van der Waals surface area contributed by atoms with Crippen molar-refractivity contribution in [1.29, 1.82) is 0 Å². The van der Waals surface area contributed by atoms with Crippen LogP contribution in [0.15, 0.2) is 29.1 Å². The number of hydrogen-bond acceptors (Lipinski definition) is 4. The van der Waals surface area contributed by atoms with Gasteiger partial charge in [0.2, 0.25) is 0 Å². The summed E-state index contributed by atoms with van der Waals surface area (Å²) >= 11 is 1.38. The van der Waals surface area contributed by atoms with Crippen LogP contribution in [0.25, 0.3) is 0 Å². The Morgan fingerprint density at radius 2 is 2.14 bits per heavy atom. The van der Waals surface area contributed by atoms with E-state index in [-0.39, 0.29) is 17.8 Å². The van der Waals surface area contributed by atoms with Crippen LogP contribution in [0.1, 0.15) is 21.6 Å². The molecule has 1 heterocycles. The van der Waals surface area contributed by atoms with Crippen LogP contribution in [-0.4, -0.2) is 17.9 Å². The first-order valence-electron chi connectivity index (χ1n) is 5.96. The molecule has 0 aliphatic heterocycles. The lowest BCUT2D eigenvalue weighted by atomic mass is 10.1. The fourth-order valence-corrected chi connectivity index (χ4v) is 2.40. The highest BCUT2D eigenvalue weighted by molar-refractivity contribution is 7.07. The van der Waals surface area contributed by atoms with E-state index in [0.717, 1.165) is 6.07 Å². The third-order valence-corrected chi connectivity index (χ3v) is 3.41. The molecule has 1 aromatic carbocycles. The molecule has 8 heteroatoms. The van der Waals surface area contributed by atoms with E-state index >= 15 is 0 Å². The van der Waals surface area contributed by atoms with Gasteiger partial charge >= 0.3 is 6.18 Å². The summed E-state index contributed by atoms with van der Waals surface area (Å²) in [7, 11) is 1.35. The zero-order valence-electron chi connectivity index (χ0n) is 11.0. The molecule has 0 spiro atoms. The van der Waals surface area contributed by atoms with Gasteiger partial charge in [-0.25, -0.2) is 4.98 Å². The summed E-state index contributed by atoms with van der Waals surface area (Å²) in [5.41, 5.74) is 1.12. The average Bonchev–Trinajstić information content (AvgIpc) is 2.96. The molecule has 0 atom stereocenters. The molecule has 112 valence electrons. The first-order valence-corrected chi connectivity index (χ1v) is 6.91. The number of para-hydroxylation sites is 1. The number of aromatic nitrogens is 1. The first kappa shape index (κ1) is 15.3. The number of thiazole rings is 1. The number of hydrogen-bond donors (Lipinski definition) is 2. The smallest absolute Gasteiger partial charge is 0.387 e. The van der Waals surface area contributed by atoms with Gasteiger partial charge in [0.1, 0.15) is 0 Å². The van der Waals surface area contributed by atoms with Gasteiger partial charge in [-0.2, -0.15) is 13.2 Å². The van der Waals surface area contributed by atoms with Crippen molar-refractivity contribution in [2.24, 2.45) is 0 Å². The Morgan fingerprint density at radius 1 is 1.38 bits per heavy atom. The zero-order valence-corrected chi connectivity index (χ0v) is 11.8. The van der Waals surface area contributed by atoms with Crippen LogP contribution in [0.2, 0.25) is 0 Å². The van der Waals surface area contributed by atoms with E-state index in [4.69, 9.17) is 0 Å². The Labute approximate surface area is 123 Å². The van der Waals surface area contributed by atoms with Crippen molar-refractivity contribution < 1.29 is 18.0 Å². The van der Waals surface area contributed by atoms with E-state index in [1.54, 1.807) is 10.9 Å². The topological polar surface area (TPSA) is 54.0 Å². The normalized spacial score (nSPS) is 11.2. The number of benzene rings is 1. The summed E-state index contributed by atoms with van der Waals surface area (Å²) in [6, 6.07) is 3.49. The van der Waals surface area contributed by atoms with E-state index in [1.807, 2.05) is 0 Å². The molecule has 0 saturated heterocycles. The van der Waals surface area contributed by atoms with Gasteiger partial charge in [0.15, 0.2) is 0 Å². The van der Waals surface area contributed by atoms with Crippen LogP contribution < -0.4 is 10.6 Å². The second-order valence-electron chi connectivity index (χ2n) is 4.14. The summed E-state index contributed by atoms with van der Waals surface area (Å²) in [5, 5.41) is 6.76. The SMILES string of the molecule is CNc1c(C(=O)NCc2cscn2)cccc1C(F)(F)F. The molecule has 2 aromatic rings. The van der Waals surface area contributed by atoms with Crippen molar-refractivity contribution in [3.63, 3.8) is 0 Å². The van der Waals surface area contributed by atoms with Crippen molar-refractivity contribution >= 4 is 22.9 Å². The summed E-state index contributed by atoms with van der Waals surface area (Å²) in [4.78, 5) is 16.0. The third kappa shape index (κ3) is 3.52. The number of amides is 1. The molecule has 21 heavy (non-hydrogen) atoms. The molecular weight excluding hydrogens is 303 g/mol. The molecule has 4 nitrogen and oxygen atoms in total. The van der Waals surface area contributed by atoms with Crippen molar-refractivity contribution in [1.82, 2.24) is 10.3 Å². The van der Waals surface area contributed by atoms with Crippen LogP contribution in [-0.2, 0) is 12.7 Å². The molecular formula is C13H12F3N3OS. The van der Waals surface area contributed by atoms with Gasteiger partial charge in [-0.1, -0.05) is 6.07 Å². The fourth-order valence-electron chi connectivity index (χ4n) is 1.84. The largest absolute Gasteiger partial charge is 0.418 e. The highest BCUT2D eigenvalue weighted by Crippen LogP contribution is 2.36. The number of carbonyl (C=O) groups excluding carboxylic acids is 1. The second-order valence-corrected chi connectivity index (χ2v) is 4.86. The van der Waals surface area contributed by atoms with Crippen LogP contribution >= 0.6 is 11.3 Å². The van der Waals surface area contributed by atoms with Crippen molar-refractivity contribution in [2.45, 2.75) is 12.7 Å². The minimum absolute atomic E-state index is 0.0532. The lowest BCUT2D eigenvalue weighted by Gasteiger charge is -2.16. The molecule has 1 aromatic heterocycles. The lowest BCUT2D eigenvalue weighted by Crippen LogP contribution is -2.25. The molecule has 0 unspecified atom stereocenters. The van der Waals surface area contributed by atoms with E-state index in [1.165, 1.54) is 30.5 Å². The Balaban J connectivity index is 2.24. The number of halogens is 3. The maximum absolute atomic E-state index is 12.9. The Morgan fingerprint density at radius 3 is 2.71 bits per heavy atom. The summed E-state index contributed by atoms with van der Waals surface area (Å²) in [6.45, 7) is 0.168. The molecule has 0 aliphatic carbocycles. The Bertz CT molecular complexity index is 626. The van der Waals surface area contributed by atoms with Gasteiger partial charge in [0.25, 0.3) is 5.91 Å². The summed E-state index contributed by atoms with van der Waals surface area (Å²) < 4.78 is 38.7. The van der Waals surface area contributed by atoms with Gasteiger partial charge in [0.05, 0.1) is 34.6 Å². The molecule has 0 aliphatic rings. The lowest BCUT2D eigenvalue weighted by molar-refractivity contribution is -0.136. The number of carbonyl (C=O) groups is 1. The molecule has 2 N–H and O–H groups in total. The zero-order chi connectivity index (χ0) is 15.5. The van der Waals surface area contributed by atoms with E-state index in [2.05, 4.69) is 15.6 Å². The van der Waals surface area contributed by atoms with Crippen LogP contribution in [0.4, 0.5) is 18.9 Å². The van der Waals surface area contributed by atoms with Gasteiger partial charge in [-0.05, 0) is 12.1 Å². The predicted molar refractivity (Wildman–Crippen MR) is 74.3 cm³/mol. The standard InChI is InChI=1S/C13H12F3N3OS/c1-17-11-9(3-2-4-10(11)13(14,15)16)12(20)18-5-8-6-21-7-19-8/h2-4,6-7,17H,5H2,1H3,(H,18,20). The minimum Gasteiger partial charge on any atom is -0.387 e. The van der Waals surface area contributed by atoms with Crippen molar-refractivity contribution in [2.75, 3.05) is 12.4 Å². The molecule has 2 rings (SSSR count). The van der Waals surface area contributed by atoms with E-state index in [0.29, 0.717) is 5.69 Å². The number of alkyl halides is 3. The molecule has 0 bridgehead atoms. The number of nitrogens with one attached hydrogen (secondary N) is 2. The van der Waals surface area contributed by atoms with Gasteiger partial charge in [-0.15, -0.1) is 11.3 Å². The van der Waals surface area contributed by atoms with E-state index < -0.39 is 17.6 Å². The summed E-state index contributed by atoms with van der Waals surface area (Å²) in [5.74, 6) is -0.585. The fraction of sp³-hybridized carbons (Fsp3) is 0.231. The quantitative estimate of drug-likeness (QED) is 0.911. The maximum Gasteiger partial charge on any atom is 0.418 e. The van der Waals surface area contributed by atoms with Crippen LogP contribution in [0.5, 0.6) is 0 Å². The number of nitrogens with zero attached hydrogens (tertiary/aromatic N) is 1. The van der Waals surface area contributed by atoms with Crippen molar-refractivity contribution in [3.05, 3.63) is 45.9 Å². The van der Waals surface area contributed by atoms with Gasteiger partial charge < -0.3 is 10.6 Å². The molecule has 1 amide bonds.